The van der Waals surface area contributed by atoms with Crippen LogP contribution in [-0.2, 0) is 9.47 Å². The van der Waals surface area contributed by atoms with Gasteiger partial charge in [-0.15, -0.1) is 0 Å². The van der Waals surface area contributed by atoms with Crippen molar-refractivity contribution >= 4 is 6.08 Å². The minimum atomic E-state index is -1.56. The molecule has 0 aliphatic carbocycles. The first-order valence-corrected chi connectivity index (χ1v) is 9.99. The Morgan fingerprint density at radius 1 is 0.939 bits per heavy atom. The van der Waals surface area contributed by atoms with Gasteiger partial charge in [0.25, 0.3) is 11.9 Å². The van der Waals surface area contributed by atoms with E-state index in [0.717, 1.165) is 6.07 Å². The van der Waals surface area contributed by atoms with Gasteiger partial charge in [0.2, 0.25) is 12.0 Å². The second-order valence-electron chi connectivity index (χ2n) is 7.62. The van der Waals surface area contributed by atoms with Crippen LogP contribution in [0.25, 0.3) is 6.08 Å². The Bertz CT molecular complexity index is 1040. The van der Waals surface area contributed by atoms with Crippen LogP contribution >= 0.6 is 0 Å². The number of aliphatic hydroxyl groups is 4. The molecule has 1 fully saturated rings. The second kappa shape index (κ2) is 8.87. The van der Waals surface area contributed by atoms with Gasteiger partial charge in [0.1, 0.15) is 35.4 Å². The van der Waals surface area contributed by atoms with Gasteiger partial charge in [0, 0.05) is 12.1 Å². The third-order valence-corrected chi connectivity index (χ3v) is 5.47. The van der Waals surface area contributed by atoms with Gasteiger partial charge in [-0.05, 0) is 12.1 Å². The van der Waals surface area contributed by atoms with E-state index in [9.17, 15) is 30.6 Å². The summed E-state index contributed by atoms with van der Waals surface area (Å²) in [5.74, 6) is -0.0793. The number of phenols is 3. The molecule has 0 amide bonds. The van der Waals surface area contributed by atoms with E-state index in [0.29, 0.717) is 5.56 Å². The molecule has 1 unspecified atom stereocenters. The first-order valence-electron chi connectivity index (χ1n) is 9.99. The largest absolute Gasteiger partial charge is 0.571 e. The van der Waals surface area contributed by atoms with E-state index in [-0.39, 0.29) is 52.4 Å². The molecule has 2 aromatic rings. The molecule has 11 nitrogen and oxygen atoms in total. The molecule has 33 heavy (non-hydrogen) atoms. The van der Waals surface area contributed by atoms with E-state index >= 15 is 0 Å². The molecule has 2 heterocycles. The molecule has 0 saturated carbocycles. The van der Waals surface area contributed by atoms with Gasteiger partial charge in [-0.2, -0.15) is 0 Å². The van der Waals surface area contributed by atoms with Crippen molar-refractivity contribution in [2.45, 2.75) is 30.7 Å². The fourth-order valence-electron chi connectivity index (χ4n) is 3.71. The lowest BCUT2D eigenvalue weighted by atomic mass is 10.00. The number of benzene rings is 2. The quantitative estimate of drug-likeness (QED) is 0.344. The van der Waals surface area contributed by atoms with E-state index < -0.39 is 30.7 Å². The lowest BCUT2D eigenvalue weighted by Crippen LogP contribution is -2.53. The van der Waals surface area contributed by atoms with E-state index in [2.05, 4.69) is 4.74 Å². The minimum Gasteiger partial charge on any atom is -0.571 e. The van der Waals surface area contributed by atoms with Crippen LogP contribution in [0.2, 0.25) is 0 Å². The van der Waals surface area contributed by atoms with Gasteiger partial charge in [0.15, 0.2) is 17.3 Å². The predicted octanol–water partition coefficient (Wildman–Crippen LogP) is 0.613. The topological polar surface area (TPSA) is 171 Å². The van der Waals surface area contributed by atoms with Crippen LogP contribution in [-0.4, -0.2) is 80.8 Å². The van der Waals surface area contributed by atoms with Gasteiger partial charge in [-0.1, -0.05) is 0 Å². The van der Waals surface area contributed by atoms with Crippen LogP contribution in [0.1, 0.15) is 17.2 Å². The van der Waals surface area contributed by atoms with Crippen molar-refractivity contribution in [3.63, 3.8) is 0 Å². The molecule has 0 radical (unpaired) electrons. The van der Waals surface area contributed by atoms with Gasteiger partial charge in [-0.25, -0.2) is 0 Å². The Morgan fingerprint density at radius 3 is 2.24 bits per heavy atom. The fourth-order valence-corrected chi connectivity index (χ4v) is 3.71. The van der Waals surface area contributed by atoms with Crippen LogP contribution in [0.15, 0.2) is 30.0 Å². The zero-order valence-electron chi connectivity index (χ0n) is 17.7. The van der Waals surface area contributed by atoms with Gasteiger partial charge >= 0.3 is 0 Å². The summed E-state index contributed by atoms with van der Waals surface area (Å²) < 4.78 is 26.2. The maximum absolute atomic E-state index is 10.3. The Labute approximate surface area is 188 Å². The molecule has 1 saturated heterocycles. The standard InChI is InChI=1S/C22H24O11/c1-29-15-3-9(4-16(30-2)19(15)27)21-17(33-22-20(28)18(26)13(25)8-31-22)7-11-12(24)5-10(23)6-14(11)32-21/h3-7,13,18,20-28H,8H2,1-2H3/p+1/t13-,18-,20+,21?,22-/m0/s1. The van der Waals surface area contributed by atoms with Crippen molar-refractivity contribution in [3.05, 3.63) is 41.2 Å². The maximum Gasteiger partial charge on any atom is 0.270 e. The average Bonchev–Trinajstić information content (AvgIpc) is 2.79. The Balaban J connectivity index is 1.78. The first-order chi connectivity index (χ1) is 15.7. The fraction of sp³-hybridized carbons (Fsp3) is 0.364. The van der Waals surface area contributed by atoms with Crippen molar-refractivity contribution in [1.82, 2.24) is 0 Å². The van der Waals surface area contributed by atoms with Crippen molar-refractivity contribution < 1.29 is 54.3 Å². The molecule has 178 valence electrons. The molecule has 5 atom stereocenters. The monoisotopic (exact) mass is 465 g/mol. The number of rotatable bonds is 5. The number of hydrogen-bond donors (Lipinski definition) is 6. The summed E-state index contributed by atoms with van der Waals surface area (Å²) in [4.78, 5) is 0. The molecule has 0 bridgehead atoms. The number of ether oxygens (including phenoxy) is 5. The zero-order chi connectivity index (χ0) is 23.9. The molecule has 7 N–H and O–H groups in total. The van der Waals surface area contributed by atoms with Crippen LogP contribution in [0.5, 0.6) is 34.5 Å². The third-order valence-electron chi connectivity index (χ3n) is 5.47. The van der Waals surface area contributed by atoms with Crippen molar-refractivity contribution in [2.24, 2.45) is 0 Å². The molecule has 2 aliphatic rings. The smallest absolute Gasteiger partial charge is 0.270 e. The molecular formula is C22H25O11+. The normalized spacial score (nSPS) is 26.6. The average molecular weight is 465 g/mol. The molecule has 0 spiro atoms. The van der Waals surface area contributed by atoms with Gasteiger partial charge < -0.3 is 54.3 Å². The molecule has 2 aromatic carbocycles. The highest BCUT2D eigenvalue weighted by Gasteiger charge is 2.42. The third kappa shape index (κ3) is 4.18. The molecule has 0 aromatic heterocycles. The lowest BCUT2D eigenvalue weighted by Gasteiger charge is -2.36. The Hall–Kier alpha value is -3.38. The van der Waals surface area contributed by atoms with Crippen molar-refractivity contribution in [2.75, 3.05) is 20.8 Å². The molecule has 11 heteroatoms. The highest BCUT2D eigenvalue weighted by molar-refractivity contribution is 5.69. The predicted molar refractivity (Wildman–Crippen MR) is 112 cm³/mol. The van der Waals surface area contributed by atoms with E-state index in [1.165, 1.54) is 38.5 Å². The SMILES string of the molecule is COc1cc(C2[OH+]c3cc(O)cc(O)c3C=C2O[C@@H]2OC[C@H](O)[C@H](O)[C@H]2O)cc(OC)c1O. The number of hydrogen-bond acceptors (Lipinski definition) is 10. The van der Waals surface area contributed by atoms with Gasteiger partial charge in [-0.3, -0.25) is 0 Å². The summed E-state index contributed by atoms with van der Waals surface area (Å²) in [6.45, 7) is -0.269. The number of aliphatic hydroxyl groups excluding tert-OH is 3. The van der Waals surface area contributed by atoms with E-state index in [1.807, 2.05) is 0 Å². The number of aromatic hydroxyl groups is 4. The molecular weight excluding hydrogens is 440 g/mol. The Morgan fingerprint density at radius 2 is 1.61 bits per heavy atom. The molecule has 4 rings (SSSR count). The summed E-state index contributed by atoms with van der Waals surface area (Å²) in [6.07, 6.45) is -5.11. The van der Waals surface area contributed by atoms with E-state index in [4.69, 9.17) is 18.9 Å². The summed E-state index contributed by atoms with van der Waals surface area (Å²) in [5.41, 5.74) is 0.703. The highest BCUT2D eigenvalue weighted by atomic mass is 16.7. The molecule has 2 aliphatic heterocycles. The maximum atomic E-state index is 10.3. The summed E-state index contributed by atoms with van der Waals surface area (Å²) in [6, 6.07) is 5.51. The van der Waals surface area contributed by atoms with Crippen LogP contribution < -0.4 is 9.47 Å². The summed E-state index contributed by atoms with van der Waals surface area (Å²) >= 11 is 0. The summed E-state index contributed by atoms with van der Waals surface area (Å²) in [5, 5.41) is 60.5. The van der Waals surface area contributed by atoms with E-state index in [1.54, 1.807) is 0 Å². The van der Waals surface area contributed by atoms with Crippen LogP contribution in [0.4, 0.5) is 0 Å². The Kier molecular flexibility index (Phi) is 6.13. The number of fused-ring (bicyclic) bond motifs is 1. The van der Waals surface area contributed by atoms with Crippen molar-refractivity contribution in [3.8, 4) is 34.5 Å². The number of methoxy groups -OCH3 is 2. The van der Waals surface area contributed by atoms with Crippen LogP contribution in [0.3, 0.4) is 0 Å². The minimum absolute atomic E-state index is 0.107. The summed E-state index contributed by atoms with van der Waals surface area (Å²) in [7, 11) is 2.74. The second-order valence-corrected chi connectivity index (χ2v) is 7.62. The van der Waals surface area contributed by atoms with Gasteiger partial charge in [0.05, 0.1) is 32.5 Å². The zero-order valence-corrected chi connectivity index (χ0v) is 17.7. The first kappa shape index (κ1) is 22.8. The van der Waals surface area contributed by atoms with Crippen LogP contribution in [0, 0.1) is 0 Å². The lowest BCUT2D eigenvalue weighted by molar-refractivity contribution is -0.263. The number of phenolic OH excluding ortho intramolecular Hbond substituents is 3. The highest BCUT2D eigenvalue weighted by Crippen LogP contribution is 2.47. The van der Waals surface area contributed by atoms with Crippen molar-refractivity contribution in [1.29, 1.82) is 0 Å².